The smallest absolute Gasteiger partial charge is 0.254 e. The number of aliphatic hydroxyl groups excluding tert-OH is 1. The van der Waals surface area contributed by atoms with E-state index in [1.807, 2.05) is 0 Å². The van der Waals surface area contributed by atoms with Gasteiger partial charge in [0.15, 0.2) is 0 Å². The lowest BCUT2D eigenvalue weighted by molar-refractivity contribution is -0.130. The van der Waals surface area contributed by atoms with Crippen molar-refractivity contribution in [2.75, 3.05) is 13.2 Å². The molecule has 8 heteroatoms. The van der Waals surface area contributed by atoms with Crippen LogP contribution in [0.3, 0.4) is 0 Å². The first-order chi connectivity index (χ1) is 9.95. The summed E-state index contributed by atoms with van der Waals surface area (Å²) < 4.78 is 27.8. The molecule has 2 N–H and O–H groups in total. The summed E-state index contributed by atoms with van der Waals surface area (Å²) in [5.74, 6) is -1.37. The molecule has 116 valence electrons. The van der Waals surface area contributed by atoms with E-state index in [2.05, 4.69) is 5.32 Å². The summed E-state index contributed by atoms with van der Waals surface area (Å²) in [7, 11) is 0. The average Bonchev–Trinajstić information content (AvgIpc) is 2.89. The topological polar surface area (TPSA) is 52.6 Å². The van der Waals surface area contributed by atoms with Gasteiger partial charge in [-0.25, -0.2) is 13.2 Å². The lowest BCUT2D eigenvalue weighted by atomic mass is 10.1. The van der Waals surface area contributed by atoms with Crippen molar-refractivity contribution in [3.63, 3.8) is 0 Å². The van der Waals surface area contributed by atoms with Crippen LogP contribution in [0.4, 0.5) is 8.78 Å². The highest BCUT2D eigenvalue weighted by atomic mass is 35.5. The number of nitrogens with one attached hydrogen (secondary N) is 1. The predicted octanol–water partition coefficient (Wildman–Crippen LogP) is 2.19. The number of aliphatic hydroxyl groups is 1. The molecule has 2 rings (SSSR count). The third kappa shape index (κ3) is 3.45. The standard InChI is InChI=1S/C13H14Cl2F2N2O2/c14-9-3-1-2-8(12(9)17)11(6-20)19(15)13(21)10-4-7(16)5-18-10/h1-3,7,10-11,18,20H,4-6H2/t7-,10+,11+/m1/s1. The molecule has 1 fully saturated rings. The number of hydrogen-bond donors (Lipinski definition) is 2. The van der Waals surface area contributed by atoms with Crippen LogP contribution in [0.1, 0.15) is 18.0 Å². The van der Waals surface area contributed by atoms with E-state index in [0.29, 0.717) is 4.42 Å². The highest BCUT2D eigenvalue weighted by Crippen LogP contribution is 2.29. The van der Waals surface area contributed by atoms with Gasteiger partial charge in [-0.15, -0.1) is 0 Å². The summed E-state index contributed by atoms with van der Waals surface area (Å²) in [4.78, 5) is 12.2. The molecule has 0 spiro atoms. The van der Waals surface area contributed by atoms with Crippen molar-refractivity contribution in [2.24, 2.45) is 0 Å². The van der Waals surface area contributed by atoms with E-state index in [0.717, 1.165) is 0 Å². The van der Waals surface area contributed by atoms with Crippen LogP contribution in [0.5, 0.6) is 0 Å². The molecule has 4 nitrogen and oxygen atoms in total. The molecule has 0 saturated carbocycles. The van der Waals surface area contributed by atoms with Crippen molar-refractivity contribution in [3.05, 3.63) is 34.6 Å². The molecule has 0 radical (unpaired) electrons. The van der Waals surface area contributed by atoms with E-state index in [1.54, 1.807) is 0 Å². The van der Waals surface area contributed by atoms with Gasteiger partial charge in [-0.05, 0) is 6.07 Å². The highest BCUT2D eigenvalue weighted by Gasteiger charge is 2.35. The van der Waals surface area contributed by atoms with Crippen molar-refractivity contribution in [1.82, 2.24) is 9.74 Å². The Kier molecular flexibility index (Phi) is 5.37. The van der Waals surface area contributed by atoms with Gasteiger partial charge in [0.25, 0.3) is 5.91 Å². The van der Waals surface area contributed by atoms with Crippen LogP contribution in [0.15, 0.2) is 18.2 Å². The fraction of sp³-hybridized carbons (Fsp3) is 0.462. The zero-order valence-electron chi connectivity index (χ0n) is 10.9. The summed E-state index contributed by atoms with van der Waals surface area (Å²) in [5.41, 5.74) is 0.00291. The molecule has 3 atom stereocenters. The SMILES string of the molecule is O=C([C@@H]1C[C@@H](F)CN1)N(Cl)[C@@H](CO)c1cccc(Cl)c1F. The van der Waals surface area contributed by atoms with Gasteiger partial charge in [0, 0.05) is 30.3 Å². The molecular weight excluding hydrogens is 325 g/mol. The zero-order valence-corrected chi connectivity index (χ0v) is 12.4. The molecule has 1 amide bonds. The minimum Gasteiger partial charge on any atom is -0.394 e. The van der Waals surface area contributed by atoms with Gasteiger partial charge in [-0.3, -0.25) is 4.79 Å². The molecule has 1 aliphatic rings. The molecule has 1 aliphatic heterocycles. The van der Waals surface area contributed by atoms with Crippen molar-refractivity contribution in [2.45, 2.75) is 24.7 Å². The Hall–Kier alpha value is -0.950. The number of amides is 1. The van der Waals surface area contributed by atoms with E-state index >= 15 is 0 Å². The molecular formula is C13H14Cl2F2N2O2. The van der Waals surface area contributed by atoms with Crippen LogP contribution in [-0.2, 0) is 4.79 Å². The van der Waals surface area contributed by atoms with Crippen molar-refractivity contribution in [3.8, 4) is 0 Å². The maximum atomic E-state index is 14.0. The number of rotatable bonds is 4. The minimum atomic E-state index is -1.13. The number of carbonyl (C=O) groups excluding carboxylic acids is 1. The second kappa shape index (κ2) is 6.87. The molecule has 0 bridgehead atoms. The quantitative estimate of drug-likeness (QED) is 0.827. The van der Waals surface area contributed by atoms with Gasteiger partial charge < -0.3 is 10.4 Å². The summed E-state index contributed by atoms with van der Waals surface area (Å²) in [5, 5.41) is 12.0. The first kappa shape index (κ1) is 16.4. The maximum absolute atomic E-state index is 14.0. The van der Waals surface area contributed by atoms with Crippen molar-refractivity contribution in [1.29, 1.82) is 0 Å². The van der Waals surface area contributed by atoms with Gasteiger partial charge in [0.1, 0.15) is 12.0 Å². The Labute approximate surface area is 130 Å². The monoisotopic (exact) mass is 338 g/mol. The molecule has 0 unspecified atom stereocenters. The molecule has 1 aromatic carbocycles. The fourth-order valence-corrected chi connectivity index (χ4v) is 2.72. The summed E-state index contributed by atoms with van der Waals surface area (Å²) in [6.07, 6.45) is -1.13. The number of hydrogen-bond acceptors (Lipinski definition) is 3. The first-order valence-electron chi connectivity index (χ1n) is 6.36. The van der Waals surface area contributed by atoms with Crippen LogP contribution in [0.2, 0.25) is 5.02 Å². The van der Waals surface area contributed by atoms with E-state index in [4.69, 9.17) is 23.4 Å². The van der Waals surface area contributed by atoms with Crippen LogP contribution in [-0.4, -0.2) is 40.8 Å². The summed E-state index contributed by atoms with van der Waals surface area (Å²) in [6, 6.07) is 2.34. The van der Waals surface area contributed by atoms with Gasteiger partial charge in [-0.2, -0.15) is 0 Å². The molecule has 0 aromatic heterocycles. The molecule has 1 heterocycles. The zero-order chi connectivity index (χ0) is 15.6. The second-order valence-electron chi connectivity index (χ2n) is 4.78. The normalized spacial score (nSPS) is 23.1. The average molecular weight is 339 g/mol. The van der Waals surface area contributed by atoms with Crippen LogP contribution >= 0.6 is 23.4 Å². The number of nitrogens with zero attached hydrogens (tertiary/aromatic N) is 1. The highest BCUT2D eigenvalue weighted by molar-refractivity contribution is 6.30. The Bertz CT molecular complexity index is 533. The van der Waals surface area contributed by atoms with E-state index in [9.17, 15) is 18.7 Å². The molecule has 21 heavy (non-hydrogen) atoms. The third-order valence-corrected chi connectivity index (χ3v) is 4.07. The molecule has 0 aliphatic carbocycles. The lowest BCUT2D eigenvalue weighted by Gasteiger charge is -2.26. The lowest BCUT2D eigenvalue weighted by Crippen LogP contribution is -2.41. The van der Waals surface area contributed by atoms with E-state index in [-0.39, 0.29) is 23.6 Å². The summed E-state index contributed by atoms with van der Waals surface area (Å²) in [6.45, 7) is -0.519. The predicted molar refractivity (Wildman–Crippen MR) is 75.2 cm³/mol. The second-order valence-corrected chi connectivity index (χ2v) is 5.56. The first-order valence-corrected chi connectivity index (χ1v) is 7.08. The maximum Gasteiger partial charge on any atom is 0.254 e. The van der Waals surface area contributed by atoms with Gasteiger partial charge in [0.05, 0.1) is 23.7 Å². The number of alkyl halides is 1. The molecule has 1 aromatic rings. The Balaban J connectivity index is 2.20. The number of benzene rings is 1. The largest absolute Gasteiger partial charge is 0.394 e. The van der Waals surface area contributed by atoms with Gasteiger partial charge >= 0.3 is 0 Å². The van der Waals surface area contributed by atoms with Crippen LogP contribution < -0.4 is 5.32 Å². The Morgan fingerprint density at radius 2 is 2.29 bits per heavy atom. The van der Waals surface area contributed by atoms with Gasteiger partial charge in [-0.1, -0.05) is 23.7 Å². The van der Waals surface area contributed by atoms with Crippen LogP contribution in [0.25, 0.3) is 0 Å². The Morgan fingerprint density at radius 1 is 1.57 bits per heavy atom. The minimum absolute atomic E-state index is 0.00176. The number of carbonyl (C=O) groups is 1. The molecule has 1 saturated heterocycles. The third-order valence-electron chi connectivity index (χ3n) is 3.37. The van der Waals surface area contributed by atoms with E-state index < -0.39 is 36.6 Å². The van der Waals surface area contributed by atoms with E-state index in [1.165, 1.54) is 18.2 Å². The summed E-state index contributed by atoms with van der Waals surface area (Å²) >= 11 is 11.6. The van der Waals surface area contributed by atoms with Gasteiger partial charge in [0.2, 0.25) is 0 Å². The van der Waals surface area contributed by atoms with Crippen molar-refractivity contribution < 1.29 is 18.7 Å². The fourth-order valence-electron chi connectivity index (χ4n) is 2.25. The number of halogens is 4. The van der Waals surface area contributed by atoms with Crippen LogP contribution in [0, 0.1) is 5.82 Å². The Morgan fingerprint density at radius 3 is 2.86 bits per heavy atom. The van der Waals surface area contributed by atoms with Crippen molar-refractivity contribution >= 4 is 29.3 Å².